The van der Waals surface area contributed by atoms with Crippen LogP contribution >= 0.6 is 27.5 Å². The van der Waals surface area contributed by atoms with Gasteiger partial charge < -0.3 is 4.74 Å². The second kappa shape index (κ2) is 6.19. The maximum atomic E-state index is 13.2. The molecule has 4 nitrogen and oxygen atoms in total. The van der Waals surface area contributed by atoms with Gasteiger partial charge in [0.15, 0.2) is 0 Å². The molecule has 0 aromatic heterocycles. The van der Waals surface area contributed by atoms with E-state index in [1.54, 1.807) is 18.2 Å². The van der Waals surface area contributed by atoms with Gasteiger partial charge in [-0.25, -0.2) is 4.39 Å². The summed E-state index contributed by atoms with van der Waals surface area (Å²) >= 11 is 9.27. The van der Waals surface area contributed by atoms with Crippen molar-refractivity contribution in [3.05, 3.63) is 62.9 Å². The van der Waals surface area contributed by atoms with Gasteiger partial charge in [0.05, 0.1) is 4.92 Å². The summed E-state index contributed by atoms with van der Waals surface area (Å²) < 4.78 is 18.7. The molecule has 0 amide bonds. The zero-order chi connectivity index (χ0) is 14.7. The van der Waals surface area contributed by atoms with E-state index in [9.17, 15) is 14.5 Å². The first-order valence-electron chi connectivity index (χ1n) is 5.48. The van der Waals surface area contributed by atoms with Crippen molar-refractivity contribution in [2.24, 2.45) is 0 Å². The van der Waals surface area contributed by atoms with Gasteiger partial charge in [-0.2, -0.15) is 0 Å². The molecule has 2 rings (SSSR count). The molecule has 7 heteroatoms. The van der Waals surface area contributed by atoms with E-state index in [4.69, 9.17) is 16.3 Å². The molecule has 104 valence electrons. The first-order valence-corrected chi connectivity index (χ1v) is 6.98. The van der Waals surface area contributed by atoms with Crippen LogP contribution in [0.2, 0.25) is 5.02 Å². The fourth-order valence-corrected chi connectivity index (χ4v) is 2.58. The van der Waals surface area contributed by atoms with Crippen LogP contribution in [0.25, 0.3) is 0 Å². The van der Waals surface area contributed by atoms with Crippen LogP contribution in [-0.2, 0) is 5.33 Å². The normalized spacial score (nSPS) is 10.3. The largest absolute Gasteiger partial charge is 0.450 e. The highest BCUT2D eigenvalue weighted by atomic mass is 79.9. The molecule has 2 aromatic rings. The fraction of sp³-hybridized carbons (Fsp3) is 0.0769. The molecule has 0 aliphatic heterocycles. The Bertz CT molecular complexity index is 666. The van der Waals surface area contributed by atoms with E-state index >= 15 is 0 Å². The Morgan fingerprint density at radius 2 is 2.05 bits per heavy atom. The number of halogens is 3. The van der Waals surface area contributed by atoms with Gasteiger partial charge in [-0.1, -0.05) is 33.6 Å². The highest BCUT2D eigenvalue weighted by molar-refractivity contribution is 9.08. The Morgan fingerprint density at radius 1 is 1.30 bits per heavy atom. The lowest BCUT2D eigenvalue weighted by molar-refractivity contribution is -0.385. The molecule has 0 N–H and O–H groups in total. The molecule has 0 saturated heterocycles. The molecule has 2 aromatic carbocycles. The van der Waals surface area contributed by atoms with E-state index in [0.29, 0.717) is 21.7 Å². The van der Waals surface area contributed by atoms with Crippen LogP contribution in [0, 0.1) is 15.9 Å². The molecule has 0 bridgehead atoms. The van der Waals surface area contributed by atoms with Crippen molar-refractivity contribution >= 4 is 33.2 Å². The van der Waals surface area contributed by atoms with Crippen molar-refractivity contribution in [3.8, 4) is 11.5 Å². The lowest BCUT2D eigenvalue weighted by Crippen LogP contribution is -1.96. The summed E-state index contributed by atoms with van der Waals surface area (Å²) in [4.78, 5) is 10.3. The lowest BCUT2D eigenvalue weighted by atomic mass is 10.2. The Morgan fingerprint density at radius 3 is 2.70 bits per heavy atom. The predicted molar refractivity (Wildman–Crippen MR) is 77.2 cm³/mol. The monoisotopic (exact) mass is 359 g/mol. The van der Waals surface area contributed by atoms with E-state index in [0.717, 1.165) is 18.2 Å². The van der Waals surface area contributed by atoms with Crippen LogP contribution in [0.4, 0.5) is 10.1 Å². The SMILES string of the molecule is O=[N+]([O-])c1ccc(F)cc1Oc1cccc(Cl)c1CBr. The molecular weight excluding hydrogens is 353 g/mol. The van der Waals surface area contributed by atoms with E-state index in [1.165, 1.54) is 0 Å². The van der Waals surface area contributed by atoms with E-state index < -0.39 is 10.7 Å². The number of nitro benzene ring substituents is 1. The van der Waals surface area contributed by atoms with E-state index in [1.807, 2.05) is 0 Å². The molecule has 0 heterocycles. The second-order valence-electron chi connectivity index (χ2n) is 3.82. The number of benzene rings is 2. The minimum Gasteiger partial charge on any atom is -0.450 e. The van der Waals surface area contributed by atoms with Gasteiger partial charge in [-0.15, -0.1) is 0 Å². The third-order valence-corrected chi connectivity index (χ3v) is 3.46. The summed E-state index contributed by atoms with van der Waals surface area (Å²) in [6, 6.07) is 7.96. The molecule has 0 atom stereocenters. The van der Waals surface area contributed by atoms with Crippen molar-refractivity contribution in [1.82, 2.24) is 0 Å². The van der Waals surface area contributed by atoms with Gasteiger partial charge in [0.2, 0.25) is 5.75 Å². The van der Waals surface area contributed by atoms with Crippen LogP contribution < -0.4 is 4.74 Å². The third-order valence-electron chi connectivity index (χ3n) is 2.55. The van der Waals surface area contributed by atoms with Gasteiger partial charge in [0.25, 0.3) is 0 Å². The Balaban J connectivity index is 2.47. The number of hydrogen-bond donors (Lipinski definition) is 0. The molecule has 20 heavy (non-hydrogen) atoms. The molecule has 0 radical (unpaired) electrons. The first-order chi connectivity index (χ1) is 9.52. The minimum atomic E-state index is -0.632. The summed E-state index contributed by atoms with van der Waals surface area (Å²) in [6.07, 6.45) is 0. The highest BCUT2D eigenvalue weighted by Gasteiger charge is 2.18. The maximum Gasteiger partial charge on any atom is 0.311 e. The Kier molecular flexibility index (Phi) is 4.57. The van der Waals surface area contributed by atoms with Crippen LogP contribution in [0.15, 0.2) is 36.4 Å². The number of hydrogen-bond acceptors (Lipinski definition) is 3. The highest BCUT2D eigenvalue weighted by Crippen LogP contribution is 2.36. The average molecular weight is 361 g/mol. The van der Waals surface area contributed by atoms with E-state index in [-0.39, 0.29) is 11.4 Å². The standard InChI is InChI=1S/C13H8BrClFNO3/c14-7-9-10(15)2-1-3-12(9)20-13-6-8(16)4-5-11(13)17(18)19/h1-6H,7H2. The summed E-state index contributed by atoms with van der Waals surface area (Å²) in [5.74, 6) is -0.449. The Labute approximate surface area is 127 Å². The number of nitro groups is 1. The van der Waals surface area contributed by atoms with Crippen molar-refractivity contribution < 1.29 is 14.1 Å². The second-order valence-corrected chi connectivity index (χ2v) is 4.79. The average Bonchev–Trinajstić information content (AvgIpc) is 2.38. The molecule has 0 aliphatic carbocycles. The lowest BCUT2D eigenvalue weighted by Gasteiger charge is -2.11. The van der Waals surface area contributed by atoms with Crippen LogP contribution in [0.3, 0.4) is 0 Å². The number of rotatable bonds is 4. The van der Waals surface area contributed by atoms with Crippen LogP contribution in [0.1, 0.15) is 5.56 Å². The summed E-state index contributed by atoms with van der Waals surface area (Å²) in [7, 11) is 0. The van der Waals surface area contributed by atoms with Gasteiger partial charge >= 0.3 is 5.69 Å². The molecule has 0 aliphatic rings. The number of alkyl halides is 1. The smallest absolute Gasteiger partial charge is 0.311 e. The van der Waals surface area contributed by atoms with Crippen molar-refractivity contribution in [2.75, 3.05) is 0 Å². The molecular formula is C13H8BrClFNO3. The minimum absolute atomic E-state index is 0.167. The van der Waals surface area contributed by atoms with Gasteiger partial charge in [0.1, 0.15) is 11.6 Å². The molecule has 0 spiro atoms. The van der Waals surface area contributed by atoms with Crippen LogP contribution in [-0.4, -0.2) is 4.92 Å². The third kappa shape index (κ3) is 3.08. The van der Waals surface area contributed by atoms with Crippen molar-refractivity contribution in [3.63, 3.8) is 0 Å². The van der Waals surface area contributed by atoms with Crippen molar-refractivity contribution in [2.45, 2.75) is 5.33 Å². The molecule has 0 saturated carbocycles. The number of nitrogens with zero attached hydrogens (tertiary/aromatic N) is 1. The predicted octanol–water partition coefficient (Wildman–Crippen LogP) is 5.07. The van der Waals surface area contributed by atoms with Gasteiger partial charge in [-0.05, 0) is 18.2 Å². The quantitative estimate of drug-likeness (QED) is 0.434. The summed E-state index contributed by atoms with van der Waals surface area (Å²) in [6.45, 7) is 0. The van der Waals surface area contributed by atoms with Crippen LogP contribution in [0.5, 0.6) is 11.5 Å². The fourth-order valence-electron chi connectivity index (χ4n) is 1.60. The first kappa shape index (κ1) is 14.7. The zero-order valence-electron chi connectivity index (χ0n) is 9.98. The topological polar surface area (TPSA) is 52.4 Å². The molecule has 0 fully saturated rings. The Hall–Kier alpha value is -1.66. The zero-order valence-corrected chi connectivity index (χ0v) is 12.3. The van der Waals surface area contributed by atoms with Gasteiger partial charge in [0, 0.05) is 28.0 Å². The van der Waals surface area contributed by atoms with E-state index in [2.05, 4.69) is 15.9 Å². The number of ether oxygens (including phenoxy) is 1. The maximum absolute atomic E-state index is 13.2. The summed E-state index contributed by atoms with van der Waals surface area (Å²) in [5.41, 5.74) is 0.319. The van der Waals surface area contributed by atoms with Crippen molar-refractivity contribution in [1.29, 1.82) is 0 Å². The molecule has 0 unspecified atom stereocenters. The summed E-state index contributed by atoms with van der Waals surface area (Å²) in [5, 5.41) is 11.8. The van der Waals surface area contributed by atoms with Gasteiger partial charge in [-0.3, -0.25) is 10.1 Å².